The van der Waals surface area contributed by atoms with Crippen molar-refractivity contribution in [2.45, 2.75) is 6.54 Å². The summed E-state index contributed by atoms with van der Waals surface area (Å²) in [4.78, 5) is 34.2. The Morgan fingerprint density at radius 2 is 2.15 bits per heavy atom. The van der Waals surface area contributed by atoms with Gasteiger partial charge in [-0.25, -0.2) is 4.79 Å². The van der Waals surface area contributed by atoms with Crippen LogP contribution < -0.4 is 21.1 Å². The summed E-state index contributed by atoms with van der Waals surface area (Å²) in [7, 11) is 1.55. The summed E-state index contributed by atoms with van der Waals surface area (Å²) in [5.74, 6) is 0.916. The van der Waals surface area contributed by atoms with Crippen molar-refractivity contribution < 1.29 is 14.6 Å². The van der Waals surface area contributed by atoms with E-state index < -0.39 is 5.69 Å². The highest BCUT2D eigenvalue weighted by Crippen LogP contribution is 2.22. The summed E-state index contributed by atoms with van der Waals surface area (Å²) in [6.07, 6.45) is 1.54. The predicted molar refractivity (Wildman–Crippen MR) is 95.1 cm³/mol. The maximum Gasteiger partial charge on any atom is 0.328 e. The van der Waals surface area contributed by atoms with Crippen LogP contribution in [0.2, 0.25) is 0 Å². The molecule has 1 radical (unpaired) electrons. The molecule has 0 spiro atoms. The number of imidazole rings is 1. The third-order valence-corrected chi connectivity index (χ3v) is 3.71. The van der Waals surface area contributed by atoms with Crippen LogP contribution in [0.3, 0.4) is 0 Å². The molecule has 2 heterocycles. The number of benzene rings is 1. The molecule has 4 N–H and O–H groups in total. The first-order valence-corrected chi connectivity index (χ1v) is 7.78. The average molecular weight is 357 g/mol. The number of aliphatic hydroxyl groups is 1. The number of aliphatic hydroxyl groups excluding tert-OH is 1. The van der Waals surface area contributed by atoms with Crippen molar-refractivity contribution in [2.24, 2.45) is 0 Å². The Morgan fingerprint density at radius 3 is 2.88 bits per heavy atom. The van der Waals surface area contributed by atoms with Gasteiger partial charge in [0.05, 0.1) is 20.3 Å². The largest absolute Gasteiger partial charge is 0.496 e. The molecule has 0 saturated carbocycles. The molecule has 0 unspecified atom stereocenters. The van der Waals surface area contributed by atoms with Crippen molar-refractivity contribution in [3.8, 4) is 5.75 Å². The lowest BCUT2D eigenvalue weighted by molar-refractivity contribution is 0.311. The number of fused-ring (bicyclic) bond motifs is 1. The van der Waals surface area contributed by atoms with E-state index in [4.69, 9.17) is 9.84 Å². The number of carbonyl (C=O) groups excluding carboxylic acids is 1. The van der Waals surface area contributed by atoms with E-state index in [1.54, 1.807) is 13.2 Å². The van der Waals surface area contributed by atoms with Crippen LogP contribution in [0.5, 0.6) is 5.75 Å². The Balaban J connectivity index is 2.12. The molecule has 3 rings (SSSR count). The normalized spacial score (nSPS) is 10.7. The van der Waals surface area contributed by atoms with E-state index in [-0.39, 0.29) is 37.0 Å². The fourth-order valence-corrected chi connectivity index (χ4v) is 2.57. The minimum Gasteiger partial charge on any atom is -0.496 e. The zero-order valence-electron chi connectivity index (χ0n) is 13.9. The molecule has 135 valence electrons. The molecule has 1 aromatic carbocycles. The molecule has 0 aliphatic carbocycles. The standard InChI is InChI=1S/C16H17N6O4/c1-26-11-5-3-2-4-10(11)8-22-14-12(19-16(22)25)13(18-9-24)20-15(21-14)17-6-7-23/h2-5,23H,6-8H2,1H3,(H,19,25)(H2,17,18,20,21,24). The number of H-pyrrole nitrogens is 1. The number of hydrogen-bond acceptors (Lipinski definition) is 7. The first kappa shape index (κ1) is 17.4. The van der Waals surface area contributed by atoms with Gasteiger partial charge in [-0.3, -0.25) is 9.36 Å². The molecule has 0 bridgehead atoms. The SMILES string of the molecule is COc1ccccc1Cn1c(=O)[nH]c2c(N[C]=O)nc(NCCO)nc21. The first-order chi connectivity index (χ1) is 12.7. The molecular weight excluding hydrogens is 340 g/mol. The number of anilines is 2. The molecule has 0 fully saturated rings. The van der Waals surface area contributed by atoms with E-state index in [1.165, 1.54) is 11.0 Å². The summed E-state index contributed by atoms with van der Waals surface area (Å²) in [5, 5.41) is 14.1. The number of para-hydroxylation sites is 1. The van der Waals surface area contributed by atoms with Gasteiger partial charge in [0.1, 0.15) is 11.3 Å². The topological polar surface area (TPSA) is 134 Å². The summed E-state index contributed by atoms with van der Waals surface area (Å²) < 4.78 is 6.73. The van der Waals surface area contributed by atoms with E-state index >= 15 is 0 Å². The van der Waals surface area contributed by atoms with Crippen molar-refractivity contribution in [3.05, 3.63) is 40.3 Å². The van der Waals surface area contributed by atoms with Crippen LogP contribution in [-0.2, 0) is 11.3 Å². The lowest BCUT2D eigenvalue weighted by Gasteiger charge is -2.10. The molecular formula is C16H17N6O4. The number of ether oxygens (including phenoxy) is 1. The van der Waals surface area contributed by atoms with Crippen LogP contribution in [0.4, 0.5) is 11.8 Å². The second-order valence-electron chi connectivity index (χ2n) is 5.30. The van der Waals surface area contributed by atoms with Gasteiger partial charge in [0.15, 0.2) is 11.5 Å². The summed E-state index contributed by atoms with van der Waals surface area (Å²) in [6.45, 7) is 0.311. The number of nitrogens with one attached hydrogen (secondary N) is 3. The Labute approximate surface area is 147 Å². The summed E-state index contributed by atoms with van der Waals surface area (Å²) in [6, 6.07) is 7.32. The summed E-state index contributed by atoms with van der Waals surface area (Å²) >= 11 is 0. The third-order valence-electron chi connectivity index (χ3n) is 3.71. The molecule has 0 aliphatic rings. The second kappa shape index (κ2) is 7.66. The molecule has 10 nitrogen and oxygen atoms in total. The molecule has 10 heteroatoms. The lowest BCUT2D eigenvalue weighted by Crippen LogP contribution is -2.18. The van der Waals surface area contributed by atoms with E-state index in [9.17, 15) is 9.59 Å². The minimum atomic E-state index is -0.409. The van der Waals surface area contributed by atoms with Crippen LogP contribution in [-0.4, -0.2) is 51.3 Å². The molecule has 2 aromatic heterocycles. The number of hydrogen-bond donors (Lipinski definition) is 4. The van der Waals surface area contributed by atoms with Crippen LogP contribution in [0.25, 0.3) is 11.2 Å². The van der Waals surface area contributed by atoms with Gasteiger partial charge in [-0.15, -0.1) is 0 Å². The fraction of sp³-hybridized carbons (Fsp3) is 0.250. The van der Waals surface area contributed by atoms with E-state index in [0.29, 0.717) is 11.4 Å². The Bertz CT molecular complexity index is 981. The average Bonchev–Trinajstić information content (AvgIpc) is 2.97. The second-order valence-corrected chi connectivity index (χ2v) is 5.30. The zero-order chi connectivity index (χ0) is 18.5. The van der Waals surface area contributed by atoms with Crippen LogP contribution >= 0.6 is 0 Å². The van der Waals surface area contributed by atoms with Crippen LogP contribution in [0.1, 0.15) is 5.56 Å². The van der Waals surface area contributed by atoms with Gasteiger partial charge in [-0.1, -0.05) is 18.2 Å². The van der Waals surface area contributed by atoms with Crippen molar-refractivity contribution in [1.82, 2.24) is 19.5 Å². The predicted octanol–water partition coefficient (Wildman–Crippen LogP) is 0.0598. The van der Waals surface area contributed by atoms with E-state index in [2.05, 4.69) is 25.6 Å². The van der Waals surface area contributed by atoms with Gasteiger partial charge in [0.25, 0.3) is 0 Å². The number of aromatic amines is 1. The van der Waals surface area contributed by atoms with Crippen molar-refractivity contribution in [1.29, 1.82) is 0 Å². The fourth-order valence-electron chi connectivity index (χ4n) is 2.57. The quantitative estimate of drug-likeness (QED) is 0.419. The monoisotopic (exact) mass is 357 g/mol. The van der Waals surface area contributed by atoms with Gasteiger partial charge in [-0.05, 0) is 6.07 Å². The highest BCUT2D eigenvalue weighted by Gasteiger charge is 2.16. The Morgan fingerprint density at radius 1 is 1.35 bits per heavy atom. The first-order valence-electron chi connectivity index (χ1n) is 7.78. The van der Waals surface area contributed by atoms with Gasteiger partial charge in [0, 0.05) is 12.1 Å². The maximum absolute atomic E-state index is 12.4. The highest BCUT2D eigenvalue weighted by atomic mass is 16.5. The van der Waals surface area contributed by atoms with Crippen molar-refractivity contribution in [3.63, 3.8) is 0 Å². The zero-order valence-corrected chi connectivity index (χ0v) is 13.9. The molecule has 1 amide bonds. The third kappa shape index (κ3) is 3.35. The van der Waals surface area contributed by atoms with E-state index in [0.717, 1.165) is 5.56 Å². The Kier molecular flexibility index (Phi) is 5.13. The Hall–Kier alpha value is -3.40. The molecule has 26 heavy (non-hydrogen) atoms. The van der Waals surface area contributed by atoms with Gasteiger partial charge in [0.2, 0.25) is 5.95 Å². The van der Waals surface area contributed by atoms with Crippen molar-refractivity contribution in [2.75, 3.05) is 30.9 Å². The maximum atomic E-state index is 12.4. The summed E-state index contributed by atoms with van der Waals surface area (Å²) in [5.41, 5.74) is 0.961. The molecule has 0 aliphatic heterocycles. The molecule has 0 atom stereocenters. The van der Waals surface area contributed by atoms with E-state index in [1.807, 2.05) is 18.2 Å². The number of amides is 1. The lowest BCUT2D eigenvalue weighted by atomic mass is 10.2. The number of rotatable bonds is 8. The van der Waals surface area contributed by atoms with Gasteiger partial charge in [-0.2, -0.15) is 9.97 Å². The smallest absolute Gasteiger partial charge is 0.328 e. The number of aromatic nitrogens is 4. The van der Waals surface area contributed by atoms with Crippen LogP contribution in [0.15, 0.2) is 29.1 Å². The number of nitrogens with zero attached hydrogens (tertiary/aromatic N) is 3. The molecule has 0 saturated heterocycles. The van der Waals surface area contributed by atoms with Gasteiger partial charge >= 0.3 is 12.1 Å². The minimum absolute atomic E-state index is 0.112. The highest BCUT2D eigenvalue weighted by molar-refractivity contribution is 5.89. The number of methoxy groups -OCH3 is 1. The van der Waals surface area contributed by atoms with Crippen LogP contribution in [0, 0.1) is 0 Å². The molecule has 3 aromatic rings. The van der Waals surface area contributed by atoms with Gasteiger partial charge < -0.3 is 25.5 Å². The van der Waals surface area contributed by atoms with Crippen molar-refractivity contribution >= 4 is 29.3 Å².